The fourth-order valence-electron chi connectivity index (χ4n) is 1.03. The normalized spacial score (nSPS) is 8.77. The van der Waals surface area contributed by atoms with Gasteiger partial charge >= 0.3 is 0 Å². The van der Waals surface area contributed by atoms with Crippen LogP contribution in [-0.4, -0.2) is 17.0 Å². The van der Waals surface area contributed by atoms with Gasteiger partial charge in [-0.15, -0.1) is 4.48 Å². The van der Waals surface area contributed by atoms with Gasteiger partial charge in [-0.05, 0) is 13.8 Å². The highest BCUT2D eigenvalue weighted by Crippen LogP contribution is 2.19. The van der Waals surface area contributed by atoms with E-state index in [9.17, 15) is 4.48 Å². The molecule has 0 saturated heterocycles. The molecule has 1 aromatic heterocycles. The van der Waals surface area contributed by atoms with Crippen LogP contribution in [0.15, 0.2) is 6.33 Å². The van der Waals surface area contributed by atoms with E-state index in [0.717, 1.165) is 0 Å². The summed E-state index contributed by atoms with van der Waals surface area (Å²) in [4.78, 5) is 7.74. The Morgan fingerprint density at radius 1 is 1.15 bits per heavy atom. The zero-order valence-electron chi connectivity index (χ0n) is 8.80. The molecule has 13 heavy (non-hydrogen) atoms. The third-order valence-electron chi connectivity index (χ3n) is 1.50. The van der Waals surface area contributed by atoms with Gasteiger partial charge in [0.25, 0.3) is 0 Å². The summed E-state index contributed by atoms with van der Waals surface area (Å²) in [6.45, 7) is 7.50. The predicted molar refractivity (Wildman–Crippen MR) is 52.4 cm³/mol. The van der Waals surface area contributed by atoms with Gasteiger partial charge in [-0.25, -0.2) is 15.1 Å². The van der Waals surface area contributed by atoms with Crippen molar-refractivity contribution in [2.24, 2.45) is 0 Å². The second-order valence-electron chi connectivity index (χ2n) is 2.37. The van der Waals surface area contributed by atoms with Crippen molar-refractivity contribution in [2.45, 2.75) is 27.7 Å². The number of nitrogens with zero attached hydrogens (tertiary/aromatic N) is 3. The number of hydrogen-bond acceptors (Lipinski definition) is 3. The molecule has 0 fully saturated rings. The maximum atomic E-state index is 12.7. The molecule has 3 nitrogen and oxygen atoms in total. The molecule has 0 aliphatic heterocycles. The van der Waals surface area contributed by atoms with Gasteiger partial charge in [-0.3, -0.25) is 0 Å². The van der Waals surface area contributed by atoms with Crippen LogP contribution in [-0.2, 0) is 0 Å². The van der Waals surface area contributed by atoms with E-state index in [2.05, 4.69) is 9.97 Å². The molecule has 0 aromatic carbocycles. The molecule has 74 valence electrons. The third kappa shape index (κ3) is 2.97. The Hall–Kier alpha value is -1.19. The first-order chi connectivity index (χ1) is 6.13. The Morgan fingerprint density at radius 2 is 1.54 bits per heavy atom. The highest BCUT2D eigenvalue weighted by Gasteiger charge is 2.07. The predicted octanol–water partition coefficient (Wildman–Crippen LogP) is 2.44. The monoisotopic (exact) mass is 185 g/mol. The minimum Gasteiger partial charge on any atom is -0.239 e. The first-order valence-corrected chi connectivity index (χ1v) is 4.30. The summed E-state index contributed by atoms with van der Waals surface area (Å²) >= 11 is 0. The van der Waals surface area contributed by atoms with Crippen LogP contribution in [0.4, 0.5) is 10.2 Å². The molecule has 0 unspecified atom stereocenters. The summed E-state index contributed by atoms with van der Waals surface area (Å²) in [5.41, 5.74) is 1.76. The van der Waals surface area contributed by atoms with Crippen molar-refractivity contribution in [3.63, 3.8) is 0 Å². The Balaban J connectivity index is 0.000000671. The van der Waals surface area contributed by atoms with Gasteiger partial charge in [0.2, 0.25) is 0 Å². The van der Waals surface area contributed by atoms with Crippen LogP contribution in [0.1, 0.15) is 25.2 Å². The van der Waals surface area contributed by atoms with E-state index >= 15 is 0 Å². The van der Waals surface area contributed by atoms with Gasteiger partial charge in [0.15, 0.2) is 0 Å². The van der Waals surface area contributed by atoms with E-state index in [1.807, 2.05) is 13.8 Å². The summed E-state index contributed by atoms with van der Waals surface area (Å²) in [6.07, 6.45) is 1.43. The van der Waals surface area contributed by atoms with Crippen LogP contribution in [0.2, 0.25) is 0 Å². The van der Waals surface area contributed by atoms with Crippen molar-refractivity contribution in [1.29, 1.82) is 0 Å². The molecule has 1 rings (SSSR count). The average Bonchev–Trinajstić information content (AvgIpc) is 2.07. The Morgan fingerprint density at radius 3 is 1.77 bits per heavy atom. The van der Waals surface area contributed by atoms with E-state index in [1.54, 1.807) is 13.8 Å². The molecule has 0 aliphatic rings. The number of aromatic nitrogens is 2. The highest BCUT2D eigenvalue weighted by molar-refractivity contribution is 5.50. The SMILES string of the molecule is CC.Cc1ncnc(C)c1N(C)F. The van der Waals surface area contributed by atoms with Crippen molar-refractivity contribution in [2.75, 3.05) is 12.2 Å². The molecule has 4 heteroatoms. The molecule has 1 aromatic rings. The Bertz CT molecular complexity index is 241. The summed E-state index contributed by atoms with van der Waals surface area (Å²) in [6, 6.07) is 0. The first-order valence-electron chi connectivity index (χ1n) is 4.30. The van der Waals surface area contributed by atoms with E-state index in [0.29, 0.717) is 22.2 Å². The maximum absolute atomic E-state index is 12.7. The van der Waals surface area contributed by atoms with E-state index in [-0.39, 0.29) is 0 Å². The number of rotatable bonds is 1. The number of halogens is 1. The highest BCUT2D eigenvalue weighted by atomic mass is 19.2. The van der Waals surface area contributed by atoms with Crippen LogP contribution < -0.4 is 5.12 Å². The quantitative estimate of drug-likeness (QED) is 0.629. The fraction of sp³-hybridized carbons (Fsp3) is 0.556. The second-order valence-corrected chi connectivity index (χ2v) is 2.37. The number of anilines is 1. The van der Waals surface area contributed by atoms with Crippen LogP contribution in [0.5, 0.6) is 0 Å². The van der Waals surface area contributed by atoms with Crippen molar-refractivity contribution in [1.82, 2.24) is 9.97 Å². The van der Waals surface area contributed by atoms with Gasteiger partial charge in [0.05, 0.1) is 11.4 Å². The Labute approximate surface area is 78.6 Å². The lowest BCUT2D eigenvalue weighted by molar-refractivity contribution is 0.471. The van der Waals surface area contributed by atoms with Crippen molar-refractivity contribution >= 4 is 5.69 Å². The summed E-state index contributed by atoms with van der Waals surface area (Å²) < 4.78 is 12.7. The van der Waals surface area contributed by atoms with Crippen molar-refractivity contribution in [3.8, 4) is 0 Å². The molecule has 1 heterocycles. The van der Waals surface area contributed by atoms with E-state index in [1.165, 1.54) is 13.4 Å². The maximum Gasteiger partial charge on any atom is 0.116 e. The second kappa shape index (κ2) is 5.45. The Kier molecular flexibility index (Phi) is 4.96. The summed E-state index contributed by atoms with van der Waals surface area (Å²) in [5, 5.41) is 0.532. The first kappa shape index (κ1) is 11.8. The molecule has 0 amide bonds. The van der Waals surface area contributed by atoms with Crippen LogP contribution >= 0.6 is 0 Å². The largest absolute Gasteiger partial charge is 0.239 e. The molecule has 0 spiro atoms. The lowest BCUT2D eigenvalue weighted by atomic mass is 10.3. The summed E-state index contributed by atoms with van der Waals surface area (Å²) in [5.74, 6) is 0. The zero-order valence-corrected chi connectivity index (χ0v) is 8.80. The van der Waals surface area contributed by atoms with E-state index < -0.39 is 0 Å². The third-order valence-corrected chi connectivity index (χ3v) is 1.50. The smallest absolute Gasteiger partial charge is 0.116 e. The van der Waals surface area contributed by atoms with Gasteiger partial charge in [0, 0.05) is 7.05 Å². The van der Waals surface area contributed by atoms with Gasteiger partial charge in [0.1, 0.15) is 12.0 Å². The lowest BCUT2D eigenvalue weighted by Gasteiger charge is -2.10. The molecular formula is C9H16FN3. The minimum absolute atomic E-state index is 0.451. The fourth-order valence-corrected chi connectivity index (χ4v) is 1.03. The zero-order chi connectivity index (χ0) is 10.4. The molecule has 0 radical (unpaired) electrons. The molecule has 0 saturated carbocycles. The van der Waals surface area contributed by atoms with Gasteiger partial charge in [-0.2, -0.15) is 0 Å². The molecule has 0 bridgehead atoms. The van der Waals surface area contributed by atoms with Crippen LogP contribution in [0.3, 0.4) is 0 Å². The van der Waals surface area contributed by atoms with Crippen molar-refractivity contribution in [3.05, 3.63) is 17.7 Å². The average molecular weight is 185 g/mol. The minimum atomic E-state index is 0.451. The molecular weight excluding hydrogens is 169 g/mol. The topological polar surface area (TPSA) is 29.0 Å². The number of aryl methyl sites for hydroxylation is 2. The van der Waals surface area contributed by atoms with Gasteiger partial charge < -0.3 is 0 Å². The number of hydrogen-bond donors (Lipinski definition) is 0. The van der Waals surface area contributed by atoms with Crippen LogP contribution in [0.25, 0.3) is 0 Å². The van der Waals surface area contributed by atoms with Crippen LogP contribution in [0, 0.1) is 13.8 Å². The van der Waals surface area contributed by atoms with Crippen molar-refractivity contribution < 1.29 is 4.48 Å². The van der Waals surface area contributed by atoms with E-state index in [4.69, 9.17) is 0 Å². The molecule has 0 atom stereocenters. The lowest BCUT2D eigenvalue weighted by Crippen LogP contribution is -2.08. The summed E-state index contributed by atoms with van der Waals surface area (Å²) in [7, 11) is 1.33. The van der Waals surface area contributed by atoms with Gasteiger partial charge in [-0.1, -0.05) is 13.8 Å². The molecule has 0 N–H and O–H groups in total. The molecule has 0 aliphatic carbocycles. The standard InChI is InChI=1S/C7H10FN3.C2H6/c1-5-7(11(3)8)6(2)10-4-9-5;1-2/h4H,1-3H3;1-2H3.